The molecule has 5 nitrogen and oxygen atoms in total. The third kappa shape index (κ3) is 3.94. The number of rotatable bonds is 4. The highest BCUT2D eigenvalue weighted by Crippen LogP contribution is 2.37. The Balaban J connectivity index is 1.76. The molecule has 0 atom stereocenters. The molecule has 2 aromatic heterocycles. The van der Waals surface area contributed by atoms with Gasteiger partial charge in [-0.2, -0.15) is 18.3 Å². The lowest BCUT2D eigenvalue weighted by Crippen LogP contribution is -2.05. The van der Waals surface area contributed by atoms with E-state index in [-0.39, 0.29) is 22.1 Å². The number of hydrogen-bond acceptors (Lipinski definition) is 5. The van der Waals surface area contributed by atoms with Gasteiger partial charge in [-0.25, -0.2) is 23.4 Å². The number of hydrogen-bond donors (Lipinski definition) is 1. The van der Waals surface area contributed by atoms with Crippen LogP contribution in [0.2, 0.25) is 0 Å². The lowest BCUT2D eigenvalue weighted by Gasteiger charge is -2.08. The standard InChI is InChI=1S/C18H10F5N5S/c19-11-4-5-13(14(20)7-11)15-16(28-9-24-8-25-28)29-17(27-15)26-12-3-1-2-10(6-12)18(21,22)23/h1-9H,(H,26,27). The number of benzene rings is 2. The number of nitrogens with zero attached hydrogens (tertiary/aromatic N) is 4. The zero-order chi connectivity index (χ0) is 20.6. The van der Waals surface area contributed by atoms with Crippen molar-refractivity contribution in [1.29, 1.82) is 0 Å². The van der Waals surface area contributed by atoms with Gasteiger partial charge in [0.15, 0.2) is 5.13 Å². The highest BCUT2D eigenvalue weighted by atomic mass is 32.1. The van der Waals surface area contributed by atoms with Crippen molar-refractivity contribution in [3.63, 3.8) is 0 Å². The van der Waals surface area contributed by atoms with Gasteiger partial charge in [0, 0.05) is 17.3 Å². The Labute approximate surface area is 164 Å². The summed E-state index contributed by atoms with van der Waals surface area (Å²) in [5.74, 6) is -1.58. The van der Waals surface area contributed by atoms with E-state index < -0.39 is 23.4 Å². The van der Waals surface area contributed by atoms with Crippen LogP contribution in [0.3, 0.4) is 0 Å². The number of alkyl halides is 3. The van der Waals surface area contributed by atoms with Crippen LogP contribution in [0.5, 0.6) is 0 Å². The first kappa shape index (κ1) is 19.0. The SMILES string of the molecule is Fc1ccc(-c2nc(Nc3cccc(C(F)(F)F)c3)sc2-n2cncn2)c(F)c1. The van der Waals surface area contributed by atoms with E-state index in [4.69, 9.17) is 0 Å². The first-order valence-corrected chi connectivity index (χ1v) is 8.88. The number of nitrogens with one attached hydrogen (secondary N) is 1. The minimum Gasteiger partial charge on any atom is -0.331 e. The predicted molar refractivity (Wildman–Crippen MR) is 97.1 cm³/mol. The number of halogens is 5. The van der Waals surface area contributed by atoms with Gasteiger partial charge in [-0.05, 0) is 30.3 Å². The van der Waals surface area contributed by atoms with Crippen molar-refractivity contribution in [1.82, 2.24) is 19.7 Å². The van der Waals surface area contributed by atoms with E-state index in [9.17, 15) is 22.0 Å². The van der Waals surface area contributed by atoms with Crippen LogP contribution in [0.1, 0.15) is 5.56 Å². The second-order valence-corrected chi connectivity index (χ2v) is 6.82. The van der Waals surface area contributed by atoms with E-state index in [2.05, 4.69) is 20.4 Å². The van der Waals surface area contributed by atoms with E-state index in [0.29, 0.717) is 5.00 Å². The van der Waals surface area contributed by atoms with Gasteiger partial charge in [0.25, 0.3) is 0 Å². The minimum absolute atomic E-state index is 0.0187. The van der Waals surface area contributed by atoms with Gasteiger partial charge in [0.05, 0.1) is 5.56 Å². The normalized spacial score (nSPS) is 11.6. The predicted octanol–water partition coefficient (Wildman–Crippen LogP) is 5.43. The summed E-state index contributed by atoms with van der Waals surface area (Å²) in [5.41, 5.74) is -0.497. The molecule has 0 spiro atoms. The third-order valence-electron chi connectivity index (χ3n) is 3.86. The third-order valence-corrected chi connectivity index (χ3v) is 4.82. The van der Waals surface area contributed by atoms with Crippen LogP contribution in [0.4, 0.5) is 32.8 Å². The van der Waals surface area contributed by atoms with Crippen LogP contribution < -0.4 is 5.32 Å². The van der Waals surface area contributed by atoms with Crippen molar-refractivity contribution in [2.24, 2.45) is 0 Å². The van der Waals surface area contributed by atoms with Gasteiger partial charge < -0.3 is 5.32 Å². The second-order valence-electron chi connectivity index (χ2n) is 5.84. The van der Waals surface area contributed by atoms with Crippen molar-refractivity contribution in [3.8, 4) is 16.3 Å². The monoisotopic (exact) mass is 423 g/mol. The molecule has 0 aliphatic carbocycles. The van der Waals surface area contributed by atoms with E-state index in [1.54, 1.807) is 0 Å². The van der Waals surface area contributed by atoms with E-state index in [1.807, 2.05) is 0 Å². The highest BCUT2D eigenvalue weighted by molar-refractivity contribution is 7.18. The summed E-state index contributed by atoms with van der Waals surface area (Å²) in [6.07, 6.45) is -1.86. The van der Waals surface area contributed by atoms with Gasteiger partial charge in [0.1, 0.15) is 35.0 Å². The van der Waals surface area contributed by atoms with Crippen molar-refractivity contribution < 1.29 is 22.0 Å². The molecule has 0 fully saturated rings. The average Bonchev–Trinajstić information content (AvgIpc) is 3.31. The lowest BCUT2D eigenvalue weighted by molar-refractivity contribution is -0.137. The Morgan fingerprint density at radius 3 is 2.55 bits per heavy atom. The molecule has 0 aliphatic heterocycles. The molecule has 1 N–H and O–H groups in total. The molecule has 0 unspecified atom stereocenters. The molecule has 29 heavy (non-hydrogen) atoms. The maximum atomic E-state index is 14.3. The number of anilines is 2. The molecule has 0 saturated carbocycles. The molecule has 4 aromatic rings. The zero-order valence-electron chi connectivity index (χ0n) is 14.3. The van der Waals surface area contributed by atoms with Crippen molar-refractivity contribution in [2.45, 2.75) is 6.18 Å². The Morgan fingerprint density at radius 1 is 1.03 bits per heavy atom. The summed E-state index contributed by atoms with van der Waals surface area (Å²) in [6, 6.07) is 7.64. The molecule has 2 heterocycles. The molecule has 0 bridgehead atoms. The molecule has 11 heteroatoms. The minimum atomic E-state index is -4.49. The Morgan fingerprint density at radius 2 is 1.86 bits per heavy atom. The fourth-order valence-electron chi connectivity index (χ4n) is 2.59. The molecular formula is C18H10F5N5S. The smallest absolute Gasteiger partial charge is 0.331 e. The summed E-state index contributed by atoms with van der Waals surface area (Å²) in [4.78, 5) is 8.12. The van der Waals surface area contributed by atoms with Gasteiger partial charge in [-0.3, -0.25) is 0 Å². The molecule has 0 radical (unpaired) electrons. The summed E-state index contributed by atoms with van der Waals surface area (Å²) in [5, 5.41) is 7.34. The van der Waals surface area contributed by atoms with Gasteiger partial charge in [-0.1, -0.05) is 17.4 Å². The Kier molecular flexibility index (Phi) is 4.74. The molecule has 0 saturated heterocycles. The van der Waals surface area contributed by atoms with Crippen molar-refractivity contribution >= 4 is 22.2 Å². The summed E-state index contributed by atoms with van der Waals surface area (Å²) >= 11 is 1.03. The summed E-state index contributed by atoms with van der Waals surface area (Å²) in [6.45, 7) is 0. The first-order chi connectivity index (χ1) is 13.8. The molecule has 0 amide bonds. The molecule has 0 aliphatic rings. The van der Waals surface area contributed by atoms with E-state index >= 15 is 0 Å². The Bertz CT molecular complexity index is 1150. The highest BCUT2D eigenvalue weighted by Gasteiger charge is 2.30. The molecule has 148 valence electrons. The average molecular weight is 423 g/mol. The van der Waals surface area contributed by atoms with Crippen LogP contribution in [0, 0.1) is 11.6 Å². The largest absolute Gasteiger partial charge is 0.416 e. The fraction of sp³-hybridized carbons (Fsp3) is 0.0556. The van der Waals surface area contributed by atoms with E-state index in [0.717, 1.165) is 35.6 Å². The molecular weight excluding hydrogens is 413 g/mol. The lowest BCUT2D eigenvalue weighted by atomic mass is 10.1. The van der Waals surface area contributed by atoms with Crippen LogP contribution in [0.15, 0.2) is 55.1 Å². The second kappa shape index (κ2) is 7.24. The maximum Gasteiger partial charge on any atom is 0.416 e. The first-order valence-electron chi connectivity index (χ1n) is 8.07. The topological polar surface area (TPSA) is 55.6 Å². The fourth-order valence-corrected chi connectivity index (χ4v) is 3.52. The number of thiazole rings is 1. The van der Waals surface area contributed by atoms with Crippen LogP contribution >= 0.6 is 11.3 Å². The summed E-state index contributed by atoms with van der Waals surface area (Å²) < 4.78 is 67.7. The summed E-state index contributed by atoms with van der Waals surface area (Å²) in [7, 11) is 0. The zero-order valence-corrected chi connectivity index (χ0v) is 15.1. The van der Waals surface area contributed by atoms with Crippen LogP contribution in [0.25, 0.3) is 16.3 Å². The quantitative estimate of drug-likeness (QED) is 0.445. The Hall–Kier alpha value is -3.34. The molecule has 2 aromatic carbocycles. The van der Waals surface area contributed by atoms with Gasteiger partial charge in [0.2, 0.25) is 0 Å². The van der Waals surface area contributed by atoms with Crippen molar-refractivity contribution in [2.75, 3.05) is 5.32 Å². The maximum absolute atomic E-state index is 14.3. The van der Waals surface area contributed by atoms with E-state index in [1.165, 1.54) is 35.5 Å². The van der Waals surface area contributed by atoms with Crippen LogP contribution in [-0.4, -0.2) is 19.7 Å². The van der Waals surface area contributed by atoms with Crippen molar-refractivity contribution in [3.05, 3.63) is 72.3 Å². The number of aromatic nitrogens is 4. The van der Waals surface area contributed by atoms with Crippen LogP contribution in [-0.2, 0) is 6.18 Å². The van der Waals surface area contributed by atoms with Gasteiger partial charge >= 0.3 is 6.18 Å². The molecule has 4 rings (SSSR count). The van der Waals surface area contributed by atoms with Gasteiger partial charge in [-0.15, -0.1) is 0 Å².